The number of carbonyl (C=O) groups excluding carboxylic acids is 1. The van der Waals surface area contributed by atoms with Crippen LogP contribution in [0.1, 0.15) is 20.3 Å². The van der Waals surface area contributed by atoms with Gasteiger partial charge in [-0.15, -0.1) is 0 Å². The van der Waals surface area contributed by atoms with Crippen LogP contribution in [0.4, 0.5) is 4.39 Å². The maximum Gasteiger partial charge on any atom is 0.219 e. The Balaban J connectivity index is 2.54. The quantitative estimate of drug-likeness (QED) is 0.497. The fourth-order valence-electron chi connectivity index (χ4n) is 1.40. The van der Waals surface area contributed by atoms with E-state index in [1.807, 2.05) is 6.92 Å². The van der Waals surface area contributed by atoms with Gasteiger partial charge in [-0.3, -0.25) is 4.79 Å². The zero-order chi connectivity index (χ0) is 7.72. The van der Waals surface area contributed by atoms with Crippen LogP contribution in [0.15, 0.2) is 0 Å². The molecule has 0 aromatic heterocycles. The lowest BCUT2D eigenvalue weighted by atomic mass is 10.2. The molecular formula is C7H12FNO. The van der Waals surface area contributed by atoms with Gasteiger partial charge in [0.25, 0.3) is 0 Å². The molecular weight excluding hydrogens is 133 g/mol. The third-order valence-electron chi connectivity index (χ3n) is 1.93. The van der Waals surface area contributed by atoms with Crippen LogP contribution in [0.2, 0.25) is 0 Å². The summed E-state index contributed by atoms with van der Waals surface area (Å²) in [5.41, 5.74) is 0. The Hall–Kier alpha value is -0.600. The first-order chi connectivity index (χ1) is 4.61. The van der Waals surface area contributed by atoms with E-state index in [1.165, 1.54) is 6.92 Å². The molecule has 10 heavy (non-hydrogen) atoms. The van der Waals surface area contributed by atoms with Crippen LogP contribution in [-0.4, -0.2) is 29.6 Å². The van der Waals surface area contributed by atoms with Gasteiger partial charge in [-0.1, -0.05) is 0 Å². The summed E-state index contributed by atoms with van der Waals surface area (Å²) in [4.78, 5) is 12.3. The first kappa shape index (κ1) is 7.51. The van der Waals surface area contributed by atoms with E-state index in [0.717, 1.165) is 0 Å². The second-order valence-corrected chi connectivity index (χ2v) is 2.85. The summed E-state index contributed by atoms with van der Waals surface area (Å²) in [6.07, 6.45) is -0.307. The van der Waals surface area contributed by atoms with Crippen LogP contribution in [0.5, 0.6) is 0 Å². The lowest BCUT2D eigenvalue weighted by Crippen LogP contribution is -2.31. The van der Waals surface area contributed by atoms with Crippen molar-refractivity contribution in [2.75, 3.05) is 6.54 Å². The van der Waals surface area contributed by atoms with Crippen molar-refractivity contribution < 1.29 is 9.18 Å². The molecule has 0 aromatic rings. The van der Waals surface area contributed by atoms with E-state index in [9.17, 15) is 9.18 Å². The summed E-state index contributed by atoms with van der Waals surface area (Å²) in [5.74, 6) is -0.0207. The highest BCUT2D eigenvalue weighted by Gasteiger charge is 2.29. The fourth-order valence-corrected chi connectivity index (χ4v) is 1.40. The van der Waals surface area contributed by atoms with E-state index in [0.29, 0.717) is 6.42 Å². The van der Waals surface area contributed by atoms with Gasteiger partial charge in [-0.25, -0.2) is 4.39 Å². The lowest BCUT2D eigenvalue weighted by molar-refractivity contribution is -0.129. The Bertz CT molecular complexity index is 149. The van der Waals surface area contributed by atoms with Crippen molar-refractivity contribution in [2.24, 2.45) is 0 Å². The Kier molecular flexibility index (Phi) is 1.92. The standard InChI is InChI=1S/C7H12FNO/c1-5-3-7(8)4-9(5)6(2)10/h5,7H,3-4H2,1-2H3. The van der Waals surface area contributed by atoms with Crippen molar-refractivity contribution in [1.82, 2.24) is 4.90 Å². The summed E-state index contributed by atoms with van der Waals surface area (Å²) in [7, 11) is 0. The van der Waals surface area contributed by atoms with E-state index in [2.05, 4.69) is 0 Å². The SMILES string of the molecule is CC(=O)N1CC(F)CC1C. The highest BCUT2D eigenvalue weighted by molar-refractivity contribution is 5.73. The minimum absolute atomic E-state index is 0.0207. The van der Waals surface area contributed by atoms with Gasteiger partial charge in [0.05, 0.1) is 6.54 Å². The van der Waals surface area contributed by atoms with E-state index < -0.39 is 6.17 Å². The van der Waals surface area contributed by atoms with Gasteiger partial charge in [0.1, 0.15) is 6.17 Å². The molecule has 2 atom stereocenters. The fraction of sp³-hybridized carbons (Fsp3) is 0.857. The molecule has 1 saturated heterocycles. The van der Waals surface area contributed by atoms with Crippen LogP contribution in [0.3, 0.4) is 0 Å². The molecule has 0 radical (unpaired) electrons. The molecule has 0 saturated carbocycles. The number of amides is 1. The molecule has 58 valence electrons. The molecule has 1 aliphatic heterocycles. The Morgan fingerprint density at radius 2 is 2.30 bits per heavy atom. The number of likely N-dealkylation sites (tertiary alicyclic amines) is 1. The maximum atomic E-state index is 12.6. The molecule has 1 heterocycles. The molecule has 2 unspecified atom stereocenters. The van der Waals surface area contributed by atoms with Crippen LogP contribution in [0, 0.1) is 0 Å². The summed E-state index contributed by atoms with van der Waals surface area (Å²) in [6.45, 7) is 3.64. The molecule has 0 spiro atoms. The third kappa shape index (κ3) is 1.28. The van der Waals surface area contributed by atoms with Crippen LogP contribution < -0.4 is 0 Å². The molecule has 0 aliphatic carbocycles. The number of nitrogens with zero attached hydrogens (tertiary/aromatic N) is 1. The Labute approximate surface area is 60.0 Å². The third-order valence-corrected chi connectivity index (χ3v) is 1.93. The zero-order valence-electron chi connectivity index (χ0n) is 6.30. The van der Waals surface area contributed by atoms with Gasteiger partial charge in [-0.05, 0) is 6.92 Å². The average molecular weight is 145 g/mol. The van der Waals surface area contributed by atoms with Crippen molar-refractivity contribution in [3.63, 3.8) is 0 Å². The summed E-state index contributed by atoms with van der Waals surface area (Å²) in [5, 5.41) is 0. The highest BCUT2D eigenvalue weighted by Crippen LogP contribution is 2.19. The molecule has 1 amide bonds. The predicted molar refractivity (Wildman–Crippen MR) is 36.4 cm³/mol. The van der Waals surface area contributed by atoms with E-state index in [-0.39, 0.29) is 18.5 Å². The zero-order valence-corrected chi connectivity index (χ0v) is 6.30. The minimum atomic E-state index is -0.807. The van der Waals surface area contributed by atoms with E-state index in [1.54, 1.807) is 4.90 Å². The molecule has 0 aromatic carbocycles. The van der Waals surface area contributed by atoms with Crippen LogP contribution in [-0.2, 0) is 4.79 Å². The molecule has 1 rings (SSSR count). The minimum Gasteiger partial charge on any atom is -0.337 e. The first-order valence-electron chi connectivity index (χ1n) is 3.52. The Morgan fingerprint density at radius 1 is 1.70 bits per heavy atom. The van der Waals surface area contributed by atoms with Crippen molar-refractivity contribution in [3.05, 3.63) is 0 Å². The van der Waals surface area contributed by atoms with E-state index >= 15 is 0 Å². The summed E-state index contributed by atoms with van der Waals surface area (Å²) in [6, 6.07) is 0.0903. The molecule has 1 fully saturated rings. The smallest absolute Gasteiger partial charge is 0.219 e. The van der Waals surface area contributed by atoms with Crippen molar-refractivity contribution in [2.45, 2.75) is 32.5 Å². The van der Waals surface area contributed by atoms with Gasteiger partial charge < -0.3 is 4.90 Å². The lowest BCUT2D eigenvalue weighted by Gasteiger charge is -2.17. The number of halogens is 1. The number of rotatable bonds is 0. The summed E-state index contributed by atoms with van der Waals surface area (Å²) < 4.78 is 12.6. The van der Waals surface area contributed by atoms with Gasteiger partial charge in [0.2, 0.25) is 5.91 Å². The van der Waals surface area contributed by atoms with Crippen LogP contribution in [0.25, 0.3) is 0 Å². The van der Waals surface area contributed by atoms with Gasteiger partial charge in [0.15, 0.2) is 0 Å². The number of hydrogen-bond donors (Lipinski definition) is 0. The molecule has 0 N–H and O–H groups in total. The topological polar surface area (TPSA) is 20.3 Å². The Morgan fingerprint density at radius 3 is 2.50 bits per heavy atom. The van der Waals surface area contributed by atoms with Gasteiger partial charge in [0, 0.05) is 19.4 Å². The van der Waals surface area contributed by atoms with Crippen molar-refractivity contribution >= 4 is 5.91 Å². The normalized spacial score (nSPS) is 32.9. The molecule has 3 heteroatoms. The molecule has 0 bridgehead atoms. The van der Waals surface area contributed by atoms with Crippen molar-refractivity contribution in [1.29, 1.82) is 0 Å². The number of hydrogen-bond acceptors (Lipinski definition) is 1. The maximum absolute atomic E-state index is 12.6. The molecule has 1 aliphatic rings. The van der Waals surface area contributed by atoms with Gasteiger partial charge in [-0.2, -0.15) is 0 Å². The van der Waals surface area contributed by atoms with Crippen molar-refractivity contribution in [3.8, 4) is 0 Å². The second kappa shape index (κ2) is 2.56. The second-order valence-electron chi connectivity index (χ2n) is 2.85. The average Bonchev–Trinajstić information content (AvgIpc) is 2.10. The first-order valence-corrected chi connectivity index (χ1v) is 3.52. The molecule has 2 nitrogen and oxygen atoms in total. The number of carbonyl (C=O) groups is 1. The highest BCUT2D eigenvalue weighted by atomic mass is 19.1. The largest absolute Gasteiger partial charge is 0.337 e. The van der Waals surface area contributed by atoms with Gasteiger partial charge >= 0.3 is 0 Å². The summed E-state index contributed by atoms with van der Waals surface area (Å²) >= 11 is 0. The number of alkyl halides is 1. The monoisotopic (exact) mass is 145 g/mol. The van der Waals surface area contributed by atoms with Crippen LogP contribution >= 0.6 is 0 Å². The predicted octanol–water partition coefficient (Wildman–Crippen LogP) is 0.965. The van der Waals surface area contributed by atoms with E-state index in [4.69, 9.17) is 0 Å².